The van der Waals surface area contributed by atoms with E-state index in [0.717, 1.165) is 18.6 Å². The molecule has 1 aromatic rings. The summed E-state index contributed by atoms with van der Waals surface area (Å²) in [6.45, 7) is 0.532. The van der Waals surface area contributed by atoms with E-state index in [4.69, 9.17) is 10.7 Å². The predicted octanol–water partition coefficient (Wildman–Crippen LogP) is 2.28. The summed E-state index contributed by atoms with van der Waals surface area (Å²) in [5.41, 5.74) is 0.0800. The van der Waals surface area contributed by atoms with Crippen molar-refractivity contribution in [3.63, 3.8) is 0 Å². The van der Waals surface area contributed by atoms with Crippen LogP contribution in [0, 0.1) is 11.7 Å². The fraction of sp³-hybridized carbons (Fsp3) is 0.417. The van der Waals surface area contributed by atoms with Crippen molar-refractivity contribution < 1.29 is 17.6 Å². The van der Waals surface area contributed by atoms with Crippen LogP contribution in [0.15, 0.2) is 23.1 Å². The number of rotatable bonds is 5. The molecule has 1 saturated carbocycles. The van der Waals surface area contributed by atoms with Gasteiger partial charge in [-0.1, -0.05) is 12.8 Å². The minimum Gasteiger partial charge on any atom is -0.352 e. The molecule has 7 heteroatoms. The molecule has 19 heavy (non-hydrogen) atoms. The Kier molecular flexibility index (Phi) is 4.10. The summed E-state index contributed by atoms with van der Waals surface area (Å²) in [6.07, 6.45) is 3.30. The monoisotopic (exact) mass is 305 g/mol. The molecule has 104 valence electrons. The van der Waals surface area contributed by atoms with E-state index in [9.17, 15) is 17.6 Å². The standard InChI is InChI=1S/C12H13ClFNO3S/c13-19(17,18)11-7-9(3-4-10(11)14)12(16)15-6-5-8-1-2-8/h3-4,7-8H,1-2,5-6H2,(H,15,16). The molecule has 0 unspecified atom stereocenters. The first kappa shape index (κ1) is 14.3. The molecule has 1 aliphatic carbocycles. The first-order valence-corrected chi connectivity index (χ1v) is 8.21. The van der Waals surface area contributed by atoms with E-state index in [-0.39, 0.29) is 5.56 Å². The number of benzene rings is 1. The zero-order chi connectivity index (χ0) is 14.0. The van der Waals surface area contributed by atoms with Crippen LogP contribution < -0.4 is 5.32 Å². The number of hydrogen-bond donors (Lipinski definition) is 1. The maximum Gasteiger partial charge on any atom is 0.264 e. The minimum absolute atomic E-state index is 0.0800. The van der Waals surface area contributed by atoms with Crippen molar-refractivity contribution in [1.29, 1.82) is 0 Å². The van der Waals surface area contributed by atoms with E-state index in [2.05, 4.69) is 5.32 Å². The lowest BCUT2D eigenvalue weighted by molar-refractivity contribution is 0.0952. The molecule has 0 aliphatic heterocycles. The first-order chi connectivity index (χ1) is 8.88. The lowest BCUT2D eigenvalue weighted by atomic mass is 10.2. The van der Waals surface area contributed by atoms with Crippen molar-refractivity contribution in [2.45, 2.75) is 24.2 Å². The Hall–Kier alpha value is -1.14. The van der Waals surface area contributed by atoms with E-state index in [1.807, 2.05) is 0 Å². The molecule has 1 N–H and O–H groups in total. The smallest absolute Gasteiger partial charge is 0.264 e. The van der Waals surface area contributed by atoms with Crippen LogP contribution >= 0.6 is 10.7 Å². The molecule has 0 radical (unpaired) electrons. The minimum atomic E-state index is -4.20. The predicted molar refractivity (Wildman–Crippen MR) is 69.1 cm³/mol. The van der Waals surface area contributed by atoms with Gasteiger partial charge in [0.2, 0.25) is 0 Å². The molecule has 0 bridgehead atoms. The fourth-order valence-corrected chi connectivity index (χ4v) is 2.65. The third-order valence-electron chi connectivity index (χ3n) is 2.99. The summed E-state index contributed by atoms with van der Waals surface area (Å²) in [5.74, 6) is -0.709. The average Bonchev–Trinajstić information content (AvgIpc) is 3.12. The summed E-state index contributed by atoms with van der Waals surface area (Å²) >= 11 is 0. The highest BCUT2D eigenvalue weighted by molar-refractivity contribution is 8.13. The van der Waals surface area contributed by atoms with E-state index in [1.54, 1.807) is 0 Å². The molecule has 2 rings (SSSR count). The molecule has 1 fully saturated rings. The number of amides is 1. The van der Waals surface area contributed by atoms with Gasteiger partial charge < -0.3 is 5.32 Å². The van der Waals surface area contributed by atoms with Crippen molar-refractivity contribution in [1.82, 2.24) is 5.32 Å². The maximum absolute atomic E-state index is 13.3. The molecular formula is C12H13ClFNO3S. The normalized spacial score (nSPS) is 15.3. The maximum atomic E-state index is 13.3. The van der Waals surface area contributed by atoms with Crippen molar-refractivity contribution in [3.05, 3.63) is 29.6 Å². The summed E-state index contributed by atoms with van der Waals surface area (Å²) < 4.78 is 35.6. The van der Waals surface area contributed by atoms with Crippen LogP contribution in [0.3, 0.4) is 0 Å². The SMILES string of the molecule is O=C(NCCC1CC1)c1ccc(F)c(S(=O)(=O)Cl)c1. The van der Waals surface area contributed by atoms with Crippen LogP contribution in [-0.4, -0.2) is 20.9 Å². The fourth-order valence-electron chi connectivity index (χ4n) is 1.73. The molecule has 0 atom stereocenters. The van der Waals surface area contributed by atoms with Gasteiger partial charge in [0.05, 0.1) is 0 Å². The summed E-state index contributed by atoms with van der Waals surface area (Å²) in [5, 5.41) is 2.67. The van der Waals surface area contributed by atoms with E-state index >= 15 is 0 Å². The van der Waals surface area contributed by atoms with Gasteiger partial charge in [0.15, 0.2) is 0 Å². The second-order valence-corrected chi connectivity index (χ2v) is 7.11. The van der Waals surface area contributed by atoms with Crippen molar-refractivity contribution in [2.24, 2.45) is 5.92 Å². The number of hydrogen-bond acceptors (Lipinski definition) is 3. The van der Waals surface area contributed by atoms with Crippen molar-refractivity contribution >= 4 is 25.6 Å². The largest absolute Gasteiger partial charge is 0.352 e. The van der Waals surface area contributed by atoms with Gasteiger partial charge in [-0.3, -0.25) is 4.79 Å². The Labute approximate surface area is 115 Å². The molecule has 4 nitrogen and oxygen atoms in total. The summed E-state index contributed by atoms with van der Waals surface area (Å²) in [4.78, 5) is 11.1. The topological polar surface area (TPSA) is 63.2 Å². The number of nitrogens with one attached hydrogen (secondary N) is 1. The quantitative estimate of drug-likeness (QED) is 0.849. The van der Waals surface area contributed by atoms with Gasteiger partial charge in [-0.15, -0.1) is 0 Å². The van der Waals surface area contributed by atoms with E-state index < -0.39 is 25.7 Å². The zero-order valence-corrected chi connectivity index (χ0v) is 11.6. The van der Waals surface area contributed by atoms with Gasteiger partial charge in [0.1, 0.15) is 10.7 Å². The highest BCUT2D eigenvalue weighted by atomic mass is 35.7. The molecule has 1 aliphatic rings. The third-order valence-corrected chi connectivity index (χ3v) is 4.33. The number of carbonyl (C=O) groups excluding carboxylic acids is 1. The second-order valence-electron chi connectivity index (χ2n) is 4.57. The average molecular weight is 306 g/mol. The lowest BCUT2D eigenvalue weighted by Gasteiger charge is -2.06. The van der Waals surface area contributed by atoms with Crippen LogP contribution in [0.5, 0.6) is 0 Å². The van der Waals surface area contributed by atoms with Gasteiger partial charge in [-0.05, 0) is 30.5 Å². The van der Waals surface area contributed by atoms with Crippen LogP contribution in [0.1, 0.15) is 29.6 Å². The third kappa shape index (κ3) is 3.91. The molecule has 0 heterocycles. The Bertz CT molecular complexity index is 599. The molecule has 1 aromatic carbocycles. The molecule has 1 amide bonds. The van der Waals surface area contributed by atoms with E-state index in [1.165, 1.54) is 18.9 Å². The summed E-state index contributed by atoms with van der Waals surface area (Å²) in [7, 11) is 0.899. The zero-order valence-electron chi connectivity index (χ0n) is 10.0. The van der Waals surface area contributed by atoms with Crippen LogP contribution in [0.4, 0.5) is 4.39 Å². The van der Waals surface area contributed by atoms with Gasteiger partial charge in [-0.2, -0.15) is 0 Å². The Morgan fingerprint density at radius 2 is 2.11 bits per heavy atom. The van der Waals surface area contributed by atoms with E-state index in [0.29, 0.717) is 12.5 Å². The van der Waals surface area contributed by atoms with Gasteiger partial charge in [0.25, 0.3) is 15.0 Å². The van der Waals surface area contributed by atoms with Crippen LogP contribution in [-0.2, 0) is 9.05 Å². The van der Waals surface area contributed by atoms with Gasteiger partial charge in [0, 0.05) is 22.8 Å². The first-order valence-electron chi connectivity index (χ1n) is 5.90. The van der Waals surface area contributed by atoms with Crippen molar-refractivity contribution in [3.8, 4) is 0 Å². The Morgan fingerprint density at radius 3 is 2.68 bits per heavy atom. The summed E-state index contributed by atoms with van der Waals surface area (Å²) in [6, 6.07) is 3.10. The molecular weight excluding hydrogens is 293 g/mol. The Balaban J connectivity index is 2.08. The van der Waals surface area contributed by atoms with Gasteiger partial charge in [-0.25, -0.2) is 12.8 Å². The van der Waals surface area contributed by atoms with Crippen LogP contribution in [0.25, 0.3) is 0 Å². The lowest BCUT2D eigenvalue weighted by Crippen LogP contribution is -2.25. The number of halogens is 2. The van der Waals surface area contributed by atoms with Crippen LogP contribution in [0.2, 0.25) is 0 Å². The molecule has 0 saturated heterocycles. The van der Waals surface area contributed by atoms with Crippen molar-refractivity contribution in [2.75, 3.05) is 6.54 Å². The molecule has 0 spiro atoms. The second kappa shape index (κ2) is 5.46. The highest BCUT2D eigenvalue weighted by Crippen LogP contribution is 2.31. The molecule has 0 aromatic heterocycles. The van der Waals surface area contributed by atoms with Gasteiger partial charge >= 0.3 is 0 Å². The Morgan fingerprint density at radius 1 is 1.42 bits per heavy atom. The highest BCUT2D eigenvalue weighted by Gasteiger charge is 2.21. The number of carbonyl (C=O) groups is 1.